The Balaban J connectivity index is 2.09. The third-order valence-corrected chi connectivity index (χ3v) is 5.24. The van der Waals surface area contributed by atoms with Crippen LogP contribution in [0.5, 0.6) is 0 Å². The van der Waals surface area contributed by atoms with E-state index in [0.29, 0.717) is 18.2 Å². The SMILES string of the molecule is CN(C)C(C=O)C1(c2nc3cc(Cl)ccc3s2)COC1. The van der Waals surface area contributed by atoms with Gasteiger partial charge in [0.05, 0.1) is 34.9 Å². The number of likely N-dealkylation sites (N-methyl/N-ethyl adjacent to an activating group) is 1. The minimum atomic E-state index is -0.332. The number of thiazole rings is 1. The Labute approximate surface area is 126 Å². The molecule has 0 N–H and O–H groups in total. The van der Waals surface area contributed by atoms with Gasteiger partial charge in [-0.1, -0.05) is 11.6 Å². The van der Waals surface area contributed by atoms with Crippen LogP contribution in [0.15, 0.2) is 18.2 Å². The van der Waals surface area contributed by atoms with Crippen LogP contribution < -0.4 is 0 Å². The summed E-state index contributed by atoms with van der Waals surface area (Å²) in [5.41, 5.74) is 0.550. The van der Waals surface area contributed by atoms with Gasteiger partial charge in [0.15, 0.2) is 0 Å². The summed E-state index contributed by atoms with van der Waals surface area (Å²) in [4.78, 5) is 18.1. The highest BCUT2D eigenvalue weighted by molar-refractivity contribution is 7.18. The van der Waals surface area contributed by atoms with Gasteiger partial charge in [0.1, 0.15) is 11.3 Å². The number of hydrogen-bond acceptors (Lipinski definition) is 5. The second-order valence-electron chi connectivity index (χ2n) is 5.32. The number of fused-ring (bicyclic) bond motifs is 1. The lowest BCUT2D eigenvalue weighted by Gasteiger charge is -2.45. The van der Waals surface area contributed by atoms with Crippen molar-refractivity contribution in [3.05, 3.63) is 28.2 Å². The van der Waals surface area contributed by atoms with E-state index in [9.17, 15) is 4.79 Å². The summed E-state index contributed by atoms with van der Waals surface area (Å²) in [7, 11) is 3.81. The van der Waals surface area contributed by atoms with Crippen LogP contribution in [0.25, 0.3) is 10.2 Å². The lowest BCUT2D eigenvalue weighted by molar-refractivity contribution is -0.129. The molecule has 1 aromatic heterocycles. The van der Waals surface area contributed by atoms with Crippen molar-refractivity contribution >= 4 is 39.4 Å². The topological polar surface area (TPSA) is 42.4 Å². The van der Waals surface area contributed by atoms with Crippen molar-refractivity contribution in [2.45, 2.75) is 11.5 Å². The average molecular weight is 311 g/mol. The van der Waals surface area contributed by atoms with E-state index in [1.165, 1.54) is 0 Å². The van der Waals surface area contributed by atoms with Crippen molar-refractivity contribution < 1.29 is 9.53 Å². The number of rotatable bonds is 4. The van der Waals surface area contributed by atoms with Gasteiger partial charge in [-0.15, -0.1) is 11.3 Å². The van der Waals surface area contributed by atoms with Gasteiger partial charge in [-0.25, -0.2) is 4.98 Å². The molecule has 1 aliphatic heterocycles. The molecule has 106 valence electrons. The van der Waals surface area contributed by atoms with Crippen LogP contribution in [-0.4, -0.2) is 49.5 Å². The number of nitrogens with zero attached hydrogens (tertiary/aromatic N) is 2. The van der Waals surface area contributed by atoms with Gasteiger partial charge < -0.3 is 9.53 Å². The van der Waals surface area contributed by atoms with Crippen LogP contribution in [0.4, 0.5) is 0 Å². The van der Waals surface area contributed by atoms with Crippen molar-refractivity contribution in [3.8, 4) is 0 Å². The molecule has 20 heavy (non-hydrogen) atoms. The minimum absolute atomic E-state index is 0.229. The largest absolute Gasteiger partial charge is 0.379 e. The van der Waals surface area contributed by atoms with E-state index in [-0.39, 0.29) is 11.5 Å². The van der Waals surface area contributed by atoms with E-state index in [1.54, 1.807) is 11.3 Å². The van der Waals surface area contributed by atoms with E-state index >= 15 is 0 Å². The van der Waals surface area contributed by atoms with Crippen LogP contribution in [-0.2, 0) is 14.9 Å². The normalized spacial score (nSPS) is 19.0. The van der Waals surface area contributed by atoms with Crippen LogP contribution in [0.3, 0.4) is 0 Å². The van der Waals surface area contributed by atoms with E-state index in [1.807, 2.05) is 37.2 Å². The average Bonchev–Trinajstić information content (AvgIpc) is 2.75. The highest BCUT2D eigenvalue weighted by atomic mass is 35.5. The highest BCUT2D eigenvalue weighted by Crippen LogP contribution is 2.41. The number of carbonyl (C=O) groups excluding carboxylic acids is 1. The molecule has 2 aromatic rings. The van der Waals surface area contributed by atoms with Crippen molar-refractivity contribution in [1.29, 1.82) is 0 Å². The van der Waals surface area contributed by atoms with Crippen LogP contribution in [0, 0.1) is 0 Å². The molecule has 3 rings (SSSR count). The lowest BCUT2D eigenvalue weighted by atomic mass is 9.78. The third kappa shape index (κ3) is 2.05. The zero-order chi connectivity index (χ0) is 14.3. The van der Waals surface area contributed by atoms with Gasteiger partial charge in [-0.3, -0.25) is 4.90 Å². The van der Waals surface area contributed by atoms with Gasteiger partial charge in [0.2, 0.25) is 0 Å². The first-order chi connectivity index (χ1) is 9.56. The number of ether oxygens (including phenoxy) is 1. The summed E-state index contributed by atoms with van der Waals surface area (Å²) in [6, 6.07) is 5.46. The molecule has 0 radical (unpaired) electrons. The van der Waals surface area contributed by atoms with Crippen molar-refractivity contribution in [1.82, 2.24) is 9.88 Å². The lowest BCUT2D eigenvalue weighted by Crippen LogP contribution is -2.60. The predicted molar refractivity (Wildman–Crippen MR) is 80.7 cm³/mol. The molecule has 1 atom stereocenters. The zero-order valence-electron chi connectivity index (χ0n) is 11.3. The number of halogens is 1. The van der Waals surface area contributed by atoms with Crippen LogP contribution in [0.1, 0.15) is 5.01 Å². The maximum absolute atomic E-state index is 11.5. The molecule has 0 aliphatic carbocycles. The number of benzene rings is 1. The summed E-state index contributed by atoms with van der Waals surface area (Å²) >= 11 is 7.62. The molecule has 1 fully saturated rings. The van der Waals surface area contributed by atoms with Crippen molar-refractivity contribution in [2.75, 3.05) is 27.3 Å². The fraction of sp³-hybridized carbons (Fsp3) is 0.429. The summed E-state index contributed by atoms with van der Waals surface area (Å²) in [6.45, 7) is 1.06. The van der Waals surface area contributed by atoms with E-state index < -0.39 is 0 Å². The van der Waals surface area contributed by atoms with Crippen molar-refractivity contribution in [2.24, 2.45) is 0 Å². The van der Waals surface area contributed by atoms with E-state index in [0.717, 1.165) is 21.5 Å². The molecular formula is C14H15ClN2O2S. The minimum Gasteiger partial charge on any atom is -0.379 e. The smallest absolute Gasteiger partial charge is 0.138 e. The van der Waals surface area contributed by atoms with E-state index in [4.69, 9.17) is 16.3 Å². The molecule has 1 unspecified atom stereocenters. The standard InChI is InChI=1S/C14H15ClN2O2S/c1-17(2)12(6-18)14(7-19-8-14)13-16-10-5-9(15)3-4-11(10)20-13/h3-6,12H,7-8H2,1-2H3. The second kappa shape index (κ2) is 5.07. The first kappa shape index (κ1) is 13.9. The maximum Gasteiger partial charge on any atom is 0.138 e. The first-order valence-corrected chi connectivity index (χ1v) is 7.52. The quantitative estimate of drug-likeness (QED) is 0.813. The molecule has 0 amide bonds. The third-order valence-electron chi connectivity index (χ3n) is 3.75. The summed E-state index contributed by atoms with van der Waals surface area (Å²) in [5.74, 6) is 0. The molecule has 2 heterocycles. The van der Waals surface area contributed by atoms with Gasteiger partial charge >= 0.3 is 0 Å². The summed E-state index contributed by atoms with van der Waals surface area (Å²) in [5, 5.41) is 1.62. The number of carbonyl (C=O) groups is 1. The Bertz CT molecular complexity index is 652. The molecule has 1 aromatic carbocycles. The Hall–Kier alpha value is -1.01. The molecular weight excluding hydrogens is 296 g/mol. The molecule has 1 saturated heterocycles. The van der Waals surface area contributed by atoms with Gasteiger partial charge in [0, 0.05) is 5.02 Å². The van der Waals surface area contributed by atoms with Crippen molar-refractivity contribution in [3.63, 3.8) is 0 Å². The van der Waals surface area contributed by atoms with Gasteiger partial charge in [0.25, 0.3) is 0 Å². The zero-order valence-corrected chi connectivity index (χ0v) is 12.9. The Morgan fingerprint density at radius 3 is 2.80 bits per heavy atom. The number of hydrogen-bond donors (Lipinski definition) is 0. The maximum atomic E-state index is 11.5. The monoisotopic (exact) mass is 310 g/mol. The molecule has 6 heteroatoms. The van der Waals surface area contributed by atoms with Crippen LogP contribution >= 0.6 is 22.9 Å². The van der Waals surface area contributed by atoms with Gasteiger partial charge in [-0.2, -0.15) is 0 Å². The molecule has 0 bridgehead atoms. The predicted octanol–water partition coefficient (Wildman–Crippen LogP) is 2.35. The fourth-order valence-electron chi connectivity index (χ4n) is 2.60. The van der Waals surface area contributed by atoms with Crippen LogP contribution in [0.2, 0.25) is 5.02 Å². The molecule has 1 aliphatic rings. The second-order valence-corrected chi connectivity index (χ2v) is 6.79. The molecule has 0 saturated carbocycles. The van der Waals surface area contributed by atoms with E-state index in [2.05, 4.69) is 4.98 Å². The van der Waals surface area contributed by atoms with Gasteiger partial charge in [-0.05, 0) is 32.3 Å². The Morgan fingerprint density at radius 2 is 2.25 bits per heavy atom. The summed E-state index contributed by atoms with van der Waals surface area (Å²) < 4.78 is 6.48. The highest BCUT2D eigenvalue weighted by Gasteiger charge is 2.50. The number of aromatic nitrogens is 1. The fourth-order valence-corrected chi connectivity index (χ4v) is 3.91. The Morgan fingerprint density at radius 1 is 1.50 bits per heavy atom. The summed E-state index contributed by atoms with van der Waals surface area (Å²) in [6.07, 6.45) is 0.988. The first-order valence-electron chi connectivity index (χ1n) is 6.33. The molecule has 0 spiro atoms. The number of aldehydes is 1. The molecule has 4 nitrogen and oxygen atoms in total. The Kier molecular flexibility index (Phi) is 3.54.